The molecule has 0 bridgehead atoms. The molecule has 0 atom stereocenters. The van der Waals surface area contributed by atoms with Crippen LogP contribution in [0, 0.1) is 0 Å². The minimum Gasteiger partial charge on any atom is -0.506 e. The van der Waals surface area contributed by atoms with E-state index in [2.05, 4.69) is 4.98 Å². The quantitative estimate of drug-likeness (QED) is 0.791. The zero-order valence-corrected chi connectivity index (χ0v) is 11.9. The predicted octanol–water partition coefficient (Wildman–Crippen LogP) is -0.0360. The Morgan fingerprint density at radius 2 is 2.05 bits per heavy atom. The minimum atomic E-state index is -0.374. The Morgan fingerprint density at radius 3 is 2.60 bits per heavy atom. The molecule has 0 saturated carbocycles. The van der Waals surface area contributed by atoms with E-state index in [1.54, 1.807) is 14.1 Å². The van der Waals surface area contributed by atoms with E-state index in [-0.39, 0.29) is 36.2 Å². The maximum atomic E-state index is 12.3. The average molecular weight is 281 g/mol. The molecule has 7 nitrogen and oxygen atoms in total. The molecule has 7 heteroatoms. The molecule has 0 aromatic carbocycles. The summed E-state index contributed by atoms with van der Waals surface area (Å²) >= 11 is 0. The highest BCUT2D eigenvalue weighted by Crippen LogP contribution is 2.11. The number of carbonyl (C=O) groups is 2. The molecule has 0 aliphatic rings. The topological polar surface area (TPSA) is 83.0 Å². The Balaban J connectivity index is 2.86. The number of aromatic hydroxyl groups is 1. The molecular weight excluding hydrogens is 262 g/mol. The first kappa shape index (κ1) is 15.9. The number of amides is 2. The summed E-state index contributed by atoms with van der Waals surface area (Å²) in [4.78, 5) is 30.6. The van der Waals surface area contributed by atoms with Crippen molar-refractivity contribution < 1.29 is 19.4 Å². The van der Waals surface area contributed by atoms with E-state index in [0.717, 1.165) is 0 Å². The van der Waals surface area contributed by atoms with E-state index in [1.165, 1.54) is 35.4 Å². The van der Waals surface area contributed by atoms with Gasteiger partial charge in [-0.15, -0.1) is 0 Å². The van der Waals surface area contributed by atoms with Gasteiger partial charge in [0.15, 0.2) is 0 Å². The van der Waals surface area contributed by atoms with Gasteiger partial charge in [-0.2, -0.15) is 0 Å². The van der Waals surface area contributed by atoms with Crippen LogP contribution in [0.15, 0.2) is 18.5 Å². The second-order valence-electron chi connectivity index (χ2n) is 4.44. The van der Waals surface area contributed by atoms with Crippen molar-refractivity contribution in [3.8, 4) is 5.75 Å². The van der Waals surface area contributed by atoms with Gasteiger partial charge in [0, 0.05) is 33.9 Å². The Morgan fingerprint density at radius 1 is 1.35 bits per heavy atom. The van der Waals surface area contributed by atoms with E-state index in [0.29, 0.717) is 6.61 Å². The number of pyridine rings is 1. The SMILES string of the molecule is COCCN(CC(=O)N(C)C)C(=O)c1cncc(O)c1. The summed E-state index contributed by atoms with van der Waals surface area (Å²) in [5, 5.41) is 9.36. The first-order valence-corrected chi connectivity index (χ1v) is 6.08. The van der Waals surface area contributed by atoms with Crippen LogP contribution in [0.25, 0.3) is 0 Å². The lowest BCUT2D eigenvalue weighted by Crippen LogP contribution is -2.41. The molecule has 0 radical (unpaired) electrons. The summed E-state index contributed by atoms with van der Waals surface area (Å²) in [6.45, 7) is 0.550. The third-order valence-electron chi connectivity index (χ3n) is 2.65. The van der Waals surface area contributed by atoms with Crippen molar-refractivity contribution >= 4 is 11.8 Å². The van der Waals surface area contributed by atoms with Gasteiger partial charge in [-0.1, -0.05) is 0 Å². The third kappa shape index (κ3) is 4.51. The molecule has 1 heterocycles. The number of ether oxygens (including phenoxy) is 1. The first-order chi connectivity index (χ1) is 9.45. The lowest BCUT2D eigenvalue weighted by atomic mass is 10.2. The molecule has 1 N–H and O–H groups in total. The van der Waals surface area contributed by atoms with E-state index in [9.17, 15) is 14.7 Å². The van der Waals surface area contributed by atoms with Crippen molar-refractivity contribution in [3.63, 3.8) is 0 Å². The lowest BCUT2D eigenvalue weighted by Gasteiger charge is -2.23. The summed E-state index contributed by atoms with van der Waals surface area (Å²) in [6, 6.07) is 1.31. The van der Waals surface area contributed by atoms with Crippen LogP contribution in [0.2, 0.25) is 0 Å². The summed E-state index contributed by atoms with van der Waals surface area (Å²) in [5.74, 6) is -0.662. The van der Waals surface area contributed by atoms with Crippen molar-refractivity contribution in [2.75, 3.05) is 40.9 Å². The summed E-state index contributed by atoms with van der Waals surface area (Å²) < 4.78 is 4.94. The summed E-state index contributed by atoms with van der Waals surface area (Å²) in [7, 11) is 4.76. The van der Waals surface area contributed by atoms with Gasteiger partial charge in [0.25, 0.3) is 5.91 Å². The van der Waals surface area contributed by atoms with Crippen LogP contribution in [0.3, 0.4) is 0 Å². The van der Waals surface area contributed by atoms with Crippen LogP contribution in [0.5, 0.6) is 5.75 Å². The Bertz CT molecular complexity index is 476. The van der Waals surface area contributed by atoms with Gasteiger partial charge in [0.2, 0.25) is 5.91 Å². The monoisotopic (exact) mass is 281 g/mol. The summed E-state index contributed by atoms with van der Waals surface area (Å²) in [5.41, 5.74) is 0.229. The van der Waals surface area contributed by atoms with Crippen LogP contribution in [-0.4, -0.2) is 72.6 Å². The van der Waals surface area contributed by atoms with Crippen LogP contribution in [0.4, 0.5) is 0 Å². The number of carbonyl (C=O) groups excluding carboxylic acids is 2. The van der Waals surface area contributed by atoms with E-state index < -0.39 is 0 Å². The van der Waals surface area contributed by atoms with Gasteiger partial charge in [0.1, 0.15) is 12.3 Å². The van der Waals surface area contributed by atoms with Gasteiger partial charge in [-0.05, 0) is 6.07 Å². The molecule has 0 spiro atoms. The molecule has 20 heavy (non-hydrogen) atoms. The smallest absolute Gasteiger partial charge is 0.256 e. The van der Waals surface area contributed by atoms with Gasteiger partial charge in [-0.25, -0.2) is 0 Å². The molecule has 0 unspecified atom stereocenters. The standard InChI is InChI=1S/C13H19N3O4/c1-15(2)12(18)9-16(4-5-20-3)13(19)10-6-11(17)8-14-7-10/h6-8,17H,4-5,9H2,1-3H3. The molecule has 0 aliphatic carbocycles. The average Bonchev–Trinajstić information content (AvgIpc) is 2.42. The fourth-order valence-electron chi connectivity index (χ4n) is 1.49. The Hall–Kier alpha value is -2.15. The maximum absolute atomic E-state index is 12.3. The molecule has 0 saturated heterocycles. The van der Waals surface area contributed by atoms with E-state index in [4.69, 9.17) is 4.74 Å². The first-order valence-electron chi connectivity index (χ1n) is 6.08. The number of hydrogen-bond donors (Lipinski definition) is 1. The number of rotatable bonds is 6. The summed E-state index contributed by atoms with van der Waals surface area (Å²) in [6.07, 6.45) is 2.59. The number of nitrogens with zero attached hydrogens (tertiary/aromatic N) is 3. The van der Waals surface area contributed by atoms with Gasteiger partial charge < -0.3 is 19.6 Å². The van der Waals surface area contributed by atoms with Crippen molar-refractivity contribution in [2.24, 2.45) is 0 Å². The number of likely N-dealkylation sites (N-methyl/N-ethyl adjacent to an activating group) is 1. The van der Waals surface area contributed by atoms with Crippen LogP contribution < -0.4 is 0 Å². The molecule has 1 aromatic rings. The number of aromatic nitrogens is 1. The molecule has 1 rings (SSSR count). The van der Waals surface area contributed by atoms with Crippen molar-refractivity contribution in [1.29, 1.82) is 0 Å². The van der Waals surface area contributed by atoms with Crippen molar-refractivity contribution in [1.82, 2.24) is 14.8 Å². The van der Waals surface area contributed by atoms with E-state index in [1.807, 2.05) is 0 Å². The Kier molecular flexibility index (Phi) is 5.92. The van der Waals surface area contributed by atoms with Crippen molar-refractivity contribution in [3.05, 3.63) is 24.0 Å². The van der Waals surface area contributed by atoms with Crippen LogP contribution >= 0.6 is 0 Å². The van der Waals surface area contributed by atoms with Crippen LogP contribution in [0.1, 0.15) is 10.4 Å². The second kappa shape index (κ2) is 7.44. The van der Waals surface area contributed by atoms with Crippen LogP contribution in [-0.2, 0) is 9.53 Å². The highest BCUT2D eigenvalue weighted by atomic mass is 16.5. The maximum Gasteiger partial charge on any atom is 0.256 e. The van der Waals surface area contributed by atoms with Crippen molar-refractivity contribution in [2.45, 2.75) is 0 Å². The molecule has 110 valence electrons. The largest absolute Gasteiger partial charge is 0.506 e. The minimum absolute atomic E-state index is 0.0507. The molecular formula is C13H19N3O4. The predicted molar refractivity (Wildman–Crippen MR) is 72.4 cm³/mol. The van der Waals surface area contributed by atoms with Gasteiger partial charge >= 0.3 is 0 Å². The molecule has 2 amide bonds. The number of methoxy groups -OCH3 is 1. The fourth-order valence-corrected chi connectivity index (χ4v) is 1.49. The second-order valence-corrected chi connectivity index (χ2v) is 4.44. The van der Waals surface area contributed by atoms with Gasteiger partial charge in [0.05, 0.1) is 18.4 Å². The zero-order chi connectivity index (χ0) is 15.1. The lowest BCUT2D eigenvalue weighted by molar-refractivity contribution is -0.129. The highest BCUT2D eigenvalue weighted by molar-refractivity contribution is 5.96. The fraction of sp³-hybridized carbons (Fsp3) is 0.462. The third-order valence-corrected chi connectivity index (χ3v) is 2.65. The zero-order valence-electron chi connectivity index (χ0n) is 11.9. The van der Waals surface area contributed by atoms with E-state index >= 15 is 0 Å². The normalized spacial score (nSPS) is 10.2. The molecule has 0 fully saturated rings. The van der Waals surface area contributed by atoms with Gasteiger partial charge in [-0.3, -0.25) is 14.6 Å². The highest BCUT2D eigenvalue weighted by Gasteiger charge is 2.20. The molecule has 1 aromatic heterocycles. The Labute approximate surface area is 117 Å². The number of hydrogen-bond acceptors (Lipinski definition) is 5. The molecule has 0 aliphatic heterocycles.